The van der Waals surface area contributed by atoms with Crippen LogP contribution in [-0.4, -0.2) is 0 Å². The van der Waals surface area contributed by atoms with Gasteiger partial charge in [0.1, 0.15) is 0 Å². The Kier molecular flexibility index (Phi) is 8.60. The summed E-state index contributed by atoms with van der Waals surface area (Å²) < 4.78 is 0. The van der Waals surface area contributed by atoms with Crippen molar-refractivity contribution in [3.05, 3.63) is 23.3 Å². The van der Waals surface area contributed by atoms with Crippen molar-refractivity contribution >= 4 is 0 Å². The molecule has 6 saturated carbocycles. The minimum Gasteiger partial charge on any atom is -0.0845 e. The number of hydrogen-bond donors (Lipinski definition) is 0. The van der Waals surface area contributed by atoms with Crippen LogP contribution in [0.2, 0.25) is 0 Å². The van der Waals surface area contributed by atoms with Gasteiger partial charge >= 0.3 is 0 Å². The molecule has 0 amide bonds. The number of hydrogen-bond acceptors (Lipinski definition) is 0. The molecular weight excluding hydrogens is 565 g/mol. The van der Waals surface area contributed by atoms with Gasteiger partial charge in [0.2, 0.25) is 0 Å². The van der Waals surface area contributed by atoms with E-state index < -0.39 is 0 Å². The summed E-state index contributed by atoms with van der Waals surface area (Å²) >= 11 is 0. The molecule has 264 valence electrons. The summed E-state index contributed by atoms with van der Waals surface area (Å²) in [6, 6.07) is 0. The summed E-state index contributed by atoms with van der Waals surface area (Å²) in [5.41, 5.74) is 6.06. The fourth-order valence-electron chi connectivity index (χ4n) is 17.0. The zero-order valence-electron chi connectivity index (χ0n) is 32.5. The zero-order valence-corrected chi connectivity index (χ0v) is 32.5. The molecule has 0 aromatic rings. The Morgan fingerprint density at radius 1 is 0.553 bits per heavy atom. The normalized spacial score (nSPS) is 53.3. The molecule has 0 nitrogen and oxygen atoms in total. The second-order valence-corrected chi connectivity index (χ2v) is 21.2. The van der Waals surface area contributed by atoms with Crippen LogP contribution in [0, 0.1) is 92.7 Å². The van der Waals surface area contributed by atoms with Crippen molar-refractivity contribution in [3.8, 4) is 0 Å². The third-order valence-electron chi connectivity index (χ3n) is 19.8. The van der Waals surface area contributed by atoms with E-state index in [1.165, 1.54) is 122 Å². The van der Waals surface area contributed by atoms with Gasteiger partial charge < -0.3 is 0 Å². The SMILES string of the molecule is CC[C@H]1CCC2(C)C(=CCC3C2CCC2(C)C([C@H](C)C[C@@H](C)C4CC[C@H]5[C@@H]6CC=C7C[C@@H](CC)CCC7(C)C6CCC45C)CC[C@@H]32)C1. The molecule has 0 radical (unpaired) electrons. The average Bonchev–Trinajstić information content (AvgIpc) is 3.61. The molecule has 0 aromatic heterocycles. The summed E-state index contributed by atoms with van der Waals surface area (Å²) in [5, 5.41) is 0. The number of fused-ring (bicyclic) bond motifs is 10. The maximum absolute atomic E-state index is 2.82. The smallest absolute Gasteiger partial charge is 0.00851 e. The van der Waals surface area contributed by atoms with E-state index in [4.69, 9.17) is 0 Å². The van der Waals surface area contributed by atoms with Crippen LogP contribution < -0.4 is 0 Å². The monoisotopic (exact) mass is 641 g/mol. The topological polar surface area (TPSA) is 0 Å². The van der Waals surface area contributed by atoms with Crippen molar-refractivity contribution in [3.63, 3.8) is 0 Å². The Morgan fingerprint density at radius 3 is 1.38 bits per heavy atom. The highest BCUT2D eigenvalue weighted by molar-refractivity contribution is 5.26. The summed E-state index contributed by atoms with van der Waals surface area (Å²) in [7, 11) is 0. The van der Waals surface area contributed by atoms with Crippen molar-refractivity contribution in [1.29, 1.82) is 0 Å². The predicted molar refractivity (Wildman–Crippen MR) is 201 cm³/mol. The van der Waals surface area contributed by atoms with Gasteiger partial charge in [-0.25, -0.2) is 0 Å². The molecule has 47 heavy (non-hydrogen) atoms. The van der Waals surface area contributed by atoms with Crippen molar-refractivity contribution in [2.75, 3.05) is 0 Å². The van der Waals surface area contributed by atoms with E-state index in [1.54, 1.807) is 0 Å². The van der Waals surface area contributed by atoms with Crippen molar-refractivity contribution < 1.29 is 0 Å². The summed E-state index contributed by atoms with van der Waals surface area (Å²) in [5.74, 6) is 11.5. The molecule has 8 rings (SSSR count). The second kappa shape index (κ2) is 12.0. The highest BCUT2D eigenvalue weighted by atomic mass is 14.7. The van der Waals surface area contributed by atoms with Gasteiger partial charge in [0.05, 0.1) is 0 Å². The zero-order chi connectivity index (χ0) is 32.9. The molecule has 0 aliphatic heterocycles. The lowest BCUT2D eigenvalue weighted by Crippen LogP contribution is -2.51. The molecule has 0 aromatic carbocycles. The Labute approximate surface area is 292 Å². The van der Waals surface area contributed by atoms with Crippen molar-refractivity contribution in [2.24, 2.45) is 92.7 Å². The molecule has 8 aliphatic rings. The highest BCUT2D eigenvalue weighted by Gasteiger charge is 2.61. The maximum atomic E-state index is 2.82. The van der Waals surface area contributed by atoms with Gasteiger partial charge in [-0.1, -0.05) is 91.5 Å². The molecular formula is C47H76. The number of allylic oxidation sites excluding steroid dienone is 4. The maximum Gasteiger partial charge on any atom is -0.00851 e. The molecule has 0 spiro atoms. The lowest BCUT2D eigenvalue weighted by molar-refractivity contribution is -0.0619. The molecule has 0 bridgehead atoms. The lowest BCUT2D eigenvalue weighted by atomic mass is 9.46. The van der Waals surface area contributed by atoms with Gasteiger partial charge in [-0.15, -0.1) is 0 Å². The first kappa shape index (κ1) is 33.6. The second-order valence-electron chi connectivity index (χ2n) is 21.2. The van der Waals surface area contributed by atoms with Crippen molar-refractivity contribution in [2.45, 2.75) is 177 Å². The molecule has 16 atom stereocenters. The molecule has 8 aliphatic carbocycles. The molecule has 6 fully saturated rings. The Morgan fingerprint density at radius 2 is 0.979 bits per heavy atom. The quantitative estimate of drug-likeness (QED) is 0.253. The first-order valence-electron chi connectivity index (χ1n) is 21.8. The average molecular weight is 641 g/mol. The minimum atomic E-state index is 0.531. The van der Waals surface area contributed by atoms with Crippen LogP contribution in [0.15, 0.2) is 23.3 Å². The van der Waals surface area contributed by atoms with E-state index in [-0.39, 0.29) is 0 Å². The van der Waals surface area contributed by atoms with Crippen LogP contribution >= 0.6 is 0 Å². The fourth-order valence-corrected chi connectivity index (χ4v) is 17.0. The lowest BCUT2D eigenvalue weighted by Gasteiger charge is -2.59. The minimum absolute atomic E-state index is 0.531. The first-order valence-corrected chi connectivity index (χ1v) is 21.8. The standard InChI is InChI=1S/C47H76/c1-9-32-19-23-44(5)34(28-32)11-13-36-40-17-15-38(46(40,7)25-21-42(36)44)30(3)27-31(4)39-16-18-41-37-14-12-35-29-33(10-2)20-24-45(35,6)43(37)22-26-47(39,41)8/h11-12,30-33,36-43H,9-10,13-29H2,1-8H3/t30-,31-,32+,33+,36+,37?,38?,39?,40+,41+,42?,43?,44?,45?,46?,47?/m1/s1. The van der Waals surface area contributed by atoms with E-state index in [2.05, 4.69) is 67.5 Å². The van der Waals surface area contributed by atoms with Gasteiger partial charge in [-0.05, 0) is 202 Å². The van der Waals surface area contributed by atoms with Crippen LogP contribution in [0.1, 0.15) is 177 Å². The fraction of sp³-hybridized carbons (Fsp3) is 0.915. The third kappa shape index (κ3) is 4.97. The van der Waals surface area contributed by atoms with Crippen LogP contribution in [0.3, 0.4) is 0 Å². The van der Waals surface area contributed by atoms with Crippen molar-refractivity contribution in [1.82, 2.24) is 0 Å². The first-order chi connectivity index (χ1) is 22.5. The third-order valence-corrected chi connectivity index (χ3v) is 19.8. The molecule has 0 heterocycles. The van der Waals surface area contributed by atoms with Crippen LogP contribution in [-0.2, 0) is 0 Å². The molecule has 0 saturated heterocycles. The largest absolute Gasteiger partial charge is 0.0845 e. The Hall–Kier alpha value is -0.520. The van der Waals surface area contributed by atoms with Crippen LogP contribution in [0.5, 0.6) is 0 Å². The molecule has 0 N–H and O–H groups in total. The van der Waals surface area contributed by atoms with E-state index in [9.17, 15) is 0 Å². The summed E-state index contributed by atoms with van der Waals surface area (Å²) in [6.07, 6.45) is 33.8. The van der Waals surface area contributed by atoms with Gasteiger partial charge in [-0.3, -0.25) is 0 Å². The summed E-state index contributed by atoms with van der Waals surface area (Å²) in [6.45, 7) is 21.4. The van der Waals surface area contributed by atoms with E-state index in [0.29, 0.717) is 21.7 Å². The van der Waals surface area contributed by atoms with Gasteiger partial charge in [-0.2, -0.15) is 0 Å². The summed E-state index contributed by atoms with van der Waals surface area (Å²) in [4.78, 5) is 0. The number of rotatable bonds is 6. The van der Waals surface area contributed by atoms with Crippen LogP contribution in [0.25, 0.3) is 0 Å². The van der Waals surface area contributed by atoms with Gasteiger partial charge in [0.15, 0.2) is 0 Å². The molecule has 9 unspecified atom stereocenters. The van der Waals surface area contributed by atoms with E-state index in [1.807, 2.05) is 11.1 Å². The van der Waals surface area contributed by atoms with E-state index in [0.717, 1.165) is 71.0 Å². The predicted octanol–water partition coefficient (Wildman–Crippen LogP) is 13.9. The van der Waals surface area contributed by atoms with E-state index >= 15 is 0 Å². The van der Waals surface area contributed by atoms with Crippen LogP contribution in [0.4, 0.5) is 0 Å². The van der Waals surface area contributed by atoms with Gasteiger partial charge in [0, 0.05) is 0 Å². The Balaban J connectivity index is 0.940. The highest BCUT2D eigenvalue weighted by Crippen LogP contribution is 2.70. The Bertz CT molecular complexity index is 1140. The molecule has 0 heteroatoms. The van der Waals surface area contributed by atoms with Gasteiger partial charge in [0.25, 0.3) is 0 Å².